The molecule has 6 nitrogen and oxygen atoms in total. The molecule has 0 saturated carbocycles. The quantitative estimate of drug-likeness (QED) is 0.564. The molecule has 2 heterocycles. The summed E-state index contributed by atoms with van der Waals surface area (Å²) in [5.74, 6) is 0.942. The number of amides is 1. The number of aromatic amines is 1. The minimum Gasteiger partial charge on any atom is -0.311 e. The lowest BCUT2D eigenvalue weighted by Gasteiger charge is -2.22. The van der Waals surface area contributed by atoms with Crippen molar-refractivity contribution < 1.29 is 4.79 Å². The van der Waals surface area contributed by atoms with E-state index in [1.165, 1.54) is 16.6 Å². The summed E-state index contributed by atoms with van der Waals surface area (Å²) >= 11 is 2.98. The molecule has 1 aromatic carbocycles. The zero-order valence-corrected chi connectivity index (χ0v) is 17.4. The molecule has 0 bridgehead atoms. The highest BCUT2D eigenvalue weighted by Crippen LogP contribution is 2.22. The van der Waals surface area contributed by atoms with Crippen LogP contribution in [0.4, 0.5) is 5.69 Å². The van der Waals surface area contributed by atoms with Gasteiger partial charge in [0.1, 0.15) is 5.82 Å². The zero-order valence-electron chi connectivity index (χ0n) is 15.8. The van der Waals surface area contributed by atoms with Crippen LogP contribution in [-0.2, 0) is 11.2 Å². The second kappa shape index (κ2) is 9.53. The maximum absolute atomic E-state index is 12.8. The number of hydrogen-bond acceptors (Lipinski definition) is 6. The molecule has 0 unspecified atom stereocenters. The molecule has 0 spiro atoms. The maximum Gasteiger partial charge on any atom is 0.237 e. The molecule has 0 aliphatic heterocycles. The Morgan fingerprint density at radius 1 is 1.32 bits per heavy atom. The van der Waals surface area contributed by atoms with Gasteiger partial charge in [-0.25, -0.2) is 4.98 Å². The molecule has 8 heteroatoms. The first-order chi connectivity index (χ1) is 13.5. The Kier molecular flexibility index (Phi) is 6.85. The van der Waals surface area contributed by atoms with Crippen LogP contribution in [0.1, 0.15) is 28.2 Å². The van der Waals surface area contributed by atoms with Crippen LogP contribution in [0.3, 0.4) is 0 Å². The summed E-state index contributed by atoms with van der Waals surface area (Å²) in [4.78, 5) is 20.2. The Hall–Kier alpha value is -2.63. The summed E-state index contributed by atoms with van der Waals surface area (Å²) in [6, 6.07) is 12.2. The highest BCUT2D eigenvalue weighted by atomic mass is 32.2. The summed E-state index contributed by atoms with van der Waals surface area (Å²) in [6.45, 7) is 4.37. The highest BCUT2D eigenvalue weighted by molar-refractivity contribution is 7.99. The molecule has 0 aliphatic carbocycles. The molecule has 0 fully saturated rings. The number of carbonyl (C=O) groups excluding carboxylic acids is 1. The third-order valence-electron chi connectivity index (χ3n) is 4.02. The lowest BCUT2D eigenvalue weighted by molar-refractivity contribution is -0.116. The summed E-state index contributed by atoms with van der Waals surface area (Å²) in [7, 11) is 0. The summed E-state index contributed by atoms with van der Waals surface area (Å²) < 4.78 is 0. The van der Waals surface area contributed by atoms with E-state index in [-0.39, 0.29) is 18.1 Å². The van der Waals surface area contributed by atoms with Crippen LogP contribution in [-0.4, -0.2) is 33.4 Å². The van der Waals surface area contributed by atoms with E-state index in [1.807, 2.05) is 37.4 Å². The van der Waals surface area contributed by atoms with Crippen LogP contribution in [0.15, 0.2) is 40.9 Å². The van der Waals surface area contributed by atoms with Crippen LogP contribution in [0, 0.1) is 25.2 Å². The minimum absolute atomic E-state index is 0.0603. The van der Waals surface area contributed by atoms with Crippen molar-refractivity contribution in [2.75, 3.05) is 17.2 Å². The van der Waals surface area contributed by atoms with Gasteiger partial charge in [0, 0.05) is 23.5 Å². The Morgan fingerprint density at radius 3 is 2.79 bits per heavy atom. The number of nitrogens with one attached hydrogen (secondary N) is 1. The average molecular weight is 412 g/mol. The Morgan fingerprint density at radius 2 is 2.11 bits per heavy atom. The summed E-state index contributed by atoms with van der Waals surface area (Å²) in [5.41, 5.74) is 3.00. The lowest BCUT2D eigenvalue weighted by atomic mass is 10.1. The number of thioether (sulfide) groups is 1. The molecule has 0 aliphatic rings. The van der Waals surface area contributed by atoms with Gasteiger partial charge in [-0.2, -0.15) is 5.26 Å². The van der Waals surface area contributed by atoms with Gasteiger partial charge in [0.05, 0.1) is 18.2 Å². The Labute approximate surface area is 172 Å². The van der Waals surface area contributed by atoms with Gasteiger partial charge in [0.25, 0.3) is 0 Å². The smallest absolute Gasteiger partial charge is 0.237 e. The number of benzene rings is 1. The molecular weight excluding hydrogens is 390 g/mol. The second-order valence-electron chi connectivity index (χ2n) is 6.41. The fourth-order valence-electron chi connectivity index (χ4n) is 2.87. The third kappa shape index (κ3) is 5.44. The molecule has 28 heavy (non-hydrogen) atoms. The summed E-state index contributed by atoms with van der Waals surface area (Å²) in [5, 5.41) is 18.7. The fraction of sp³-hybridized carbons (Fsp3) is 0.300. The average Bonchev–Trinajstić information content (AvgIpc) is 3.32. The number of carbonyl (C=O) groups is 1. The van der Waals surface area contributed by atoms with Crippen LogP contribution < -0.4 is 4.90 Å². The van der Waals surface area contributed by atoms with E-state index in [2.05, 4.69) is 33.4 Å². The van der Waals surface area contributed by atoms with E-state index in [1.54, 1.807) is 16.2 Å². The number of anilines is 1. The first-order valence-corrected chi connectivity index (χ1v) is 10.7. The molecule has 2 aromatic heterocycles. The van der Waals surface area contributed by atoms with Gasteiger partial charge in [-0.15, -0.1) is 16.4 Å². The van der Waals surface area contributed by atoms with Crippen LogP contribution in [0.5, 0.6) is 0 Å². The third-order valence-corrected chi connectivity index (χ3v) is 5.73. The first-order valence-electron chi connectivity index (χ1n) is 8.87. The maximum atomic E-state index is 12.8. The van der Waals surface area contributed by atoms with Crippen molar-refractivity contribution in [3.63, 3.8) is 0 Å². The van der Waals surface area contributed by atoms with Gasteiger partial charge in [-0.3, -0.25) is 9.89 Å². The predicted octanol–water partition coefficient (Wildman–Crippen LogP) is 4.11. The summed E-state index contributed by atoms with van der Waals surface area (Å²) in [6.07, 6.45) is 0.991. The zero-order chi connectivity index (χ0) is 19.9. The Balaban J connectivity index is 1.65. The number of rotatable bonds is 8. The fourth-order valence-corrected chi connectivity index (χ4v) is 4.27. The molecular formula is C20H21N5OS2. The SMILES string of the molecule is Cc1cc(C)cc(N(CCC#N)C(=O)CSc2n[nH]c(Cc3cccs3)n2)c1. The van der Waals surface area contributed by atoms with E-state index in [0.717, 1.165) is 22.6 Å². The van der Waals surface area contributed by atoms with Crippen molar-refractivity contribution in [3.8, 4) is 6.07 Å². The molecule has 0 saturated heterocycles. The van der Waals surface area contributed by atoms with Crippen LogP contribution in [0.2, 0.25) is 0 Å². The predicted molar refractivity (Wildman–Crippen MR) is 113 cm³/mol. The van der Waals surface area contributed by atoms with E-state index >= 15 is 0 Å². The van der Waals surface area contributed by atoms with Crippen molar-refractivity contribution in [3.05, 3.63) is 57.5 Å². The van der Waals surface area contributed by atoms with Gasteiger partial charge < -0.3 is 4.90 Å². The van der Waals surface area contributed by atoms with Crippen molar-refractivity contribution in [1.29, 1.82) is 5.26 Å². The van der Waals surface area contributed by atoms with Crippen LogP contribution >= 0.6 is 23.1 Å². The molecule has 0 atom stereocenters. The highest BCUT2D eigenvalue weighted by Gasteiger charge is 2.17. The van der Waals surface area contributed by atoms with Gasteiger partial charge >= 0.3 is 0 Å². The molecule has 0 radical (unpaired) electrons. The van der Waals surface area contributed by atoms with Gasteiger partial charge in [0.15, 0.2) is 0 Å². The number of thiophene rings is 1. The van der Waals surface area contributed by atoms with Crippen LogP contribution in [0.25, 0.3) is 0 Å². The molecule has 1 N–H and O–H groups in total. The molecule has 3 aromatic rings. The van der Waals surface area contributed by atoms with E-state index in [9.17, 15) is 4.79 Å². The van der Waals surface area contributed by atoms with Gasteiger partial charge in [0.2, 0.25) is 11.1 Å². The van der Waals surface area contributed by atoms with Crippen molar-refractivity contribution in [2.24, 2.45) is 0 Å². The van der Waals surface area contributed by atoms with Crippen molar-refractivity contribution >= 4 is 34.7 Å². The number of nitriles is 1. The van der Waals surface area contributed by atoms with Gasteiger partial charge in [-0.1, -0.05) is 23.9 Å². The second-order valence-corrected chi connectivity index (χ2v) is 8.38. The number of nitrogens with zero attached hydrogens (tertiary/aromatic N) is 4. The van der Waals surface area contributed by atoms with E-state index < -0.39 is 0 Å². The minimum atomic E-state index is -0.0603. The standard InChI is InChI=1S/C20H21N5OS2/c1-14-9-15(2)11-16(10-14)25(7-4-6-21)19(26)13-28-20-22-18(23-24-20)12-17-5-3-8-27-17/h3,5,8-11H,4,7,12-13H2,1-2H3,(H,22,23,24). The topological polar surface area (TPSA) is 85.7 Å². The largest absolute Gasteiger partial charge is 0.311 e. The molecule has 1 amide bonds. The number of aryl methyl sites for hydroxylation is 2. The number of hydrogen-bond donors (Lipinski definition) is 1. The molecule has 144 valence electrons. The van der Waals surface area contributed by atoms with E-state index in [4.69, 9.17) is 5.26 Å². The monoisotopic (exact) mass is 411 g/mol. The van der Waals surface area contributed by atoms with Crippen molar-refractivity contribution in [1.82, 2.24) is 15.2 Å². The first kappa shape index (κ1) is 20.1. The lowest BCUT2D eigenvalue weighted by Crippen LogP contribution is -2.33. The van der Waals surface area contributed by atoms with E-state index in [0.29, 0.717) is 18.1 Å². The number of aromatic nitrogens is 3. The molecule has 3 rings (SSSR count). The van der Waals surface area contributed by atoms with Crippen molar-refractivity contribution in [2.45, 2.75) is 31.8 Å². The Bertz CT molecular complexity index is 955. The van der Waals surface area contributed by atoms with Gasteiger partial charge in [-0.05, 0) is 48.6 Å². The number of H-pyrrole nitrogens is 1. The normalized spacial score (nSPS) is 10.6.